The van der Waals surface area contributed by atoms with E-state index >= 15 is 0 Å². The average Bonchev–Trinajstić information content (AvgIpc) is 2.91. The van der Waals surface area contributed by atoms with Gasteiger partial charge < -0.3 is 15.5 Å². The third-order valence-corrected chi connectivity index (χ3v) is 4.53. The van der Waals surface area contributed by atoms with Crippen molar-refractivity contribution in [2.75, 3.05) is 0 Å². The first kappa shape index (κ1) is 16.0. The van der Waals surface area contributed by atoms with Gasteiger partial charge in [0.1, 0.15) is 12.1 Å². The van der Waals surface area contributed by atoms with E-state index in [9.17, 15) is 4.79 Å². The van der Waals surface area contributed by atoms with Crippen molar-refractivity contribution < 1.29 is 9.53 Å². The molecule has 1 saturated carbocycles. The van der Waals surface area contributed by atoms with Gasteiger partial charge in [-0.1, -0.05) is 27.2 Å². The number of aromatic amines is 1. The number of hydrogen-bond donors (Lipinski definition) is 2. The molecular formula is C16H27N3O2. The van der Waals surface area contributed by atoms with Crippen molar-refractivity contribution in [1.82, 2.24) is 9.97 Å². The zero-order chi connectivity index (χ0) is 15.4. The van der Waals surface area contributed by atoms with Crippen LogP contribution in [0, 0.1) is 17.8 Å². The molecule has 5 nitrogen and oxygen atoms in total. The Morgan fingerprint density at radius 2 is 2.29 bits per heavy atom. The minimum absolute atomic E-state index is 0.00840. The number of ether oxygens (including phenoxy) is 1. The highest BCUT2D eigenvalue weighted by Crippen LogP contribution is 2.35. The van der Waals surface area contributed by atoms with E-state index in [0.29, 0.717) is 24.2 Å². The first-order chi connectivity index (χ1) is 9.97. The molecule has 0 aliphatic heterocycles. The van der Waals surface area contributed by atoms with E-state index in [-0.39, 0.29) is 12.1 Å². The molecule has 0 bridgehead atoms. The second-order valence-electron chi connectivity index (χ2n) is 6.69. The van der Waals surface area contributed by atoms with Gasteiger partial charge >= 0.3 is 5.97 Å². The summed E-state index contributed by atoms with van der Waals surface area (Å²) in [7, 11) is 0. The van der Waals surface area contributed by atoms with Crippen LogP contribution < -0.4 is 5.73 Å². The van der Waals surface area contributed by atoms with E-state index in [0.717, 1.165) is 18.5 Å². The van der Waals surface area contributed by atoms with Gasteiger partial charge in [0.15, 0.2) is 0 Å². The van der Waals surface area contributed by atoms with E-state index in [2.05, 4.69) is 30.7 Å². The quantitative estimate of drug-likeness (QED) is 0.816. The maximum absolute atomic E-state index is 12.2. The normalized spacial score (nSPS) is 27.6. The number of carbonyl (C=O) groups is 1. The highest BCUT2D eigenvalue weighted by atomic mass is 16.5. The van der Waals surface area contributed by atoms with E-state index in [1.54, 1.807) is 12.5 Å². The number of imidazole rings is 1. The summed E-state index contributed by atoms with van der Waals surface area (Å²) in [6, 6.07) is -0.629. The van der Waals surface area contributed by atoms with Crippen molar-refractivity contribution in [2.45, 2.75) is 58.6 Å². The Morgan fingerprint density at radius 3 is 2.90 bits per heavy atom. The van der Waals surface area contributed by atoms with Crippen molar-refractivity contribution in [3.05, 3.63) is 18.2 Å². The standard InChI is InChI=1S/C16H27N3O2/c1-10(2)13-5-4-11(3)6-15(13)21-16(20)14(17)7-12-8-18-9-19-12/h8-11,13-15H,4-7,17H2,1-3H3,(H,18,19)/t11?,13?,14-,15?/m0/s1. The van der Waals surface area contributed by atoms with Crippen LogP contribution in [0.25, 0.3) is 0 Å². The van der Waals surface area contributed by atoms with Crippen molar-refractivity contribution in [1.29, 1.82) is 0 Å². The number of aromatic nitrogens is 2. The number of carbonyl (C=O) groups excluding carboxylic acids is 1. The lowest BCUT2D eigenvalue weighted by molar-refractivity contribution is -0.157. The lowest BCUT2D eigenvalue weighted by Gasteiger charge is -2.37. The molecule has 0 saturated heterocycles. The van der Waals surface area contributed by atoms with Gasteiger partial charge in [0.25, 0.3) is 0 Å². The molecule has 0 aromatic carbocycles. The molecule has 1 aliphatic rings. The third kappa shape index (κ3) is 4.30. The van der Waals surface area contributed by atoms with Gasteiger partial charge in [-0.2, -0.15) is 0 Å². The predicted octanol–water partition coefficient (Wildman–Crippen LogP) is 2.28. The van der Waals surface area contributed by atoms with Crippen LogP contribution in [0.4, 0.5) is 0 Å². The minimum Gasteiger partial charge on any atom is -0.461 e. The Morgan fingerprint density at radius 1 is 1.52 bits per heavy atom. The van der Waals surface area contributed by atoms with Crippen LogP contribution in [-0.4, -0.2) is 28.1 Å². The second kappa shape index (κ2) is 7.07. The fourth-order valence-corrected chi connectivity index (χ4v) is 3.20. The lowest BCUT2D eigenvalue weighted by Crippen LogP contribution is -2.41. The molecule has 5 heteroatoms. The number of esters is 1. The molecular weight excluding hydrogens is 266 g/mol. The Bertz CT molecular complexity index is 444. The summed E-state index contributed by atoms with van der Waals surface area (Å²) < 4.78 is 5.75. The molecule has 1 aliphatic carbocycles. The number of H-pyrrole nitrogens is 1. The Hall–Kier alpha value is -1.36. The van der Waals surface area contributed by atoms with Crippen LogP contribution in [0.1, 0.15) is 45.7 Å². The number of hydrogen-bond acceptors (Lipinski definition) is 4. The SMILES string of the molecule is CC1CCC(C(C)C)C(OC(=O)[C@@H](N)Cc2cnc[nH]2)C1. The summed E-state index contributed by atoms with van der Waals surface area (Å²) in [5.74, 6) is 1.29. The molecule has 2 rings (SSSR count). The second-order valence-corrected chi connectivity index (χ2v) is 6.69. The molecule has 0 spiro atoms. The van der Waals surface area contributed by atoms with Crippen LogP contribution in [0.5, 0.6) is 0 Å². The first-order valence-corrected chi connectivity index (χ1v) is 7.90. The monoisotopic (exact) mass is 293 g/mol. The minimum atomic E-state index is -0.629. The summed E-state index contributed by atoms with van der Waals surface area (Å²) in [4.78, 5) is 19.1. The van der Waals surface area contributed by atoms with Crippen LogP contribution in [-0.2, 0) is 16.0 Å². The van der Waals surface area contributed by atoms with Gasteiger partial charge in [-0.15, -0.1) is 0 Å². The zero-order valence-corrected chi connectivity index (χ0v) is 13.2. The maximum Gasteiger partial charge on any atom is 0.323 e. The van der Waals surface area contributed by atoms with Crippen molar-refractivity contribution in [3.8, 4) is 0 Å². The lowest BCUT2D eigenvalue weighted by atomic mass is 9.75. The van der Waals surface area contributed by atoms with Crippen LogP contribution in [0.15, 0.2) is 12.5 Å². The fraction of sp³-hybridized carbons (Fsp3) is 0.750. The molecule has 21 heavy (non-hydrogen) atoms. The summed E-state index contributed by atoms with van der Waals surface area (Å²) in [6.07, 6.45) is 7.02. The van der Waals surface area contributed by atoms with Crippen molar-refractivity contribution in [2.24, 2.45) is 23.5 Å². The van der Waals surface area contributed by atoms with Gasteiger partial charge in [-0.05, 0) is 30.6 Å². The number of rotatable bonds is 5. The fourth-order valence-electron chi connectivity index (χ4n) is 3.20. The molecule has 118 valence electrons. The Labute approximate surface area is 126 Å². The molecule has 3 N–H and O–H groups in total. The smallest absolute Gasteiger partial charge is 0.323 e. The molecule has 1 fully saturated rings. The summed E-state index contributed by atoms with van der Waals surface area (Å²) >= 11 is 0. The Kier molecular flexibility index (Phi) is 5.39. The third-order valence-electron chi connectivity index (χ3n) is 4.53. The Balaban J connectivity index is 1.92. The number of nitrogens with two attached hydrogens (primary N) is 1. The molecule has 1 aromatic heterocycles. The molecule has 1 heterocycles. The topological polar surface area (TPSA) is 81.0 Å². The van der Waals surface area contributed by atoms with E-state index in [1.807, 2.05) is 0 Å². The summed E-state index contributed by atoms with van der Waals surface area (Å²) in [5.41, 5.74) is 6.82. The van der Waals surface area contributed by atoms with Gasteiger partial charge in [-0.3, -0.25) is 4.79 Å². The highest BCUT2D eigenvalue weighted by molar-refractivity contribution is 5.76. The summed E-state index contributed by atoms with van der Waals surface area (Å²) in [6.45, 7) is 6.62. The van der Waals surface area contributed by atoms with Crippen LogP contribution in [0.3, 0.4) is 0 Å². The van der Waals surface area contributed by atoms with Crippen molar-refractivity contribution >= 4 is 5.97 Å². The summed E-state index contributed by atoms with van der Waals surface area (Å²) in [5, 5.41) is 0. The molecule has 0 amide bonds. The van der Waals surface area contributed by atoms with Crippen LogP contribution in [0.2, 0.25) is 0 Å². The van der Waals surface area contributed by atoms with Gasteiger partial charge in [0.05, 0.1) is 6.33 Å². The molecule has 3 unspecified atom stereocenters. The van der Waals surface area contributed by atoms with Gasteiger partial charge in [-0.25, -0.2) is 4.98 Å². The van der Waals surface area contributed by atoms with Gasteiger partial charge in [0.2, 0.25) is 0 Å². The molecule has 4 atom stereocenters. The average molecular weight is 293 g/mol. The zero-order valence-electron chi connectivity index (χ0n) is 13.2. The molecule has 1 aromatic rings. The largest absolute Gasteiger partial charge is 0.461 e. The van der Waals surface area contributed by atoms with Crippen molar-refractivity contribution in [3.63, 3.8) is 0 Å². The highest BCUT2D eigenvalue weighted by Gasteiger charge is 2.34. The van der Waals surface area contributed by atoms with Gasteiger partial charge in [0, 0.05) is 18.3 Å². The maximum atomic E-state index is 12.2. The van der Waals surface area contributed by atoms with E-state index < -0.39 is 6.04 Å². The van der Waals surface area contributed by atoms with Crippen LogP contribution >= 0.6 is 0 Å². The number of nitrogens with one attached hydrogen (secondary N) is 1. The first-order valence-electron chi connectivity index (χ1n) is 7.90. The number of nitrogens with zero attached hydrogens (tertiary/aromatic N) is 1. The molecule has 0 radical (unpaired) electrons. The van der Waals surface area contributed by atoms with E-state index in [1.165, 1.54) is 6.42 Å². The van der Waals surface area contributed by atoms with E-state index in [4.69, 9.17) is 10.5 Å². The predicted molar refractivity (Wildman–Crippen MR) is 81.5 cm³/mol.